The number of thioether (sulfide) groups is 1. The standard InChI is InChI=1S/C20H19Br2N5O3S/c1-3-27-19(12-4-6-15(30-2)7-5-12)25-26-20(27)31-11-17(28)24-23-10-13-8-14(21)9-16(22)18(13)29/h4-10,29H,3,11H2,1-2H3,(H,24,28)/b23-10+. The smallest absolute Gasteiger partial charge is 0.250 e. The molecule has 0 radical (unpaired) electrons. The Labute approximate surface area is 200 Å². The van der Waals surface area contributed by atoms with Crippen LogP contribution in [0.5, 0.6) is 11.5 Å². The van der Waals surface area contributed by atoms with Gasteiger partial charge >= 0.3 is 0 Å². The predicted octanol–water partition coefficient (Wildman–Crippen LogP) is 4.45. The van der Waals surface area contributed by atoms with Gasteiger partial charge in [-0.2, -0.15) is 5.10 Å². The van der Waals surface area contributed by atoms with Crippen LogP contribution in [0, 0.1) is 0 Å². The molecule has 0 saturated carbocycles. The molecule has 0 aliphatic carbocycles. The number of hydrogen-bond donors (Lipinski definition) is 2. The number of carbonyl (C=O) groups excluding carboxylic acids is 1. The Morgan fingerprint density at radius 2 is 2.03 bits per heavy atom. The fourth-order valence-electron chi connectivity index (χ4n) is 2.65. The molecule has 11 heteroatoms. The lowest BCUT2D eigenvalue weighted by Gasteiger charge is -2.07. The van der Waals surface area contributed by atoms with Crippen LogP contribution in [0.3, 0.4) is 0 Å². The van der Waals surface area contributed by atoms with Crippen molar-refractivity contribution in [2.75, 3.05) is 12.9 Å². The lowest BCUT2D eigenvalue weighted by Crippen LogP contribution is -2.20. The van der Waals surface area contributed by atoms with E-state index in [4.69, 9.17) is 4.74 Å². The molecule has 2 aromatic carbocycles. The van der Waals surface area contributed by atoms with E-state index in [0.717, 1.165) is 21.6 Å². The van der Waals surface area contributed by atoms with Crippen molar-refractivity contribution in [2.45, 2.75) is 18.6 Å². The first-order chi connectivity index (χ1) is 14.9. The highest BCUT2D eigenvalue weighted by Crippen LogP contribution is 2.30. The summed E-state index contributed by atoms with van der Waals surface area (Å²) in [6.45, 7) is 2.65. The number of rotatable bonds is 8. The van der Waals surface area contributed by atoms with E-state index in [1.807, 2.05) is 35.8 Å². The Hall–Kier alpha value is -2.37. The molecule has 0 bridgehead atoms. The first-order valence-electron chi connectivity index (χ1n) is 9.13. The lowest BCUT2D eigenvalue weighted by atomic mass is 10.2. The van der Waals surface area contributed by atoms with Gasteiger partial charge in [-0.3, -0.25) is 4.79 Å². The molecule has 1 aromatic heterocycles. The molecule has 0 fully saturated rings. The van der Waals surface area contributed by atoms with E-state index in [1.54, 1.807) is 19.2 Å². The molecular weight excluding hydrogens is 550 g/mol. The first kappa shape index (κ1) is 23.3. The molecule has 3 aromatic rings. The fraction of sp³-hybridized carbons (Fsp3) is 0.200. The van der Waals surface area contributed by atoms with Crippen LogP contribution in [-0.4, -0.2) is 44.9 Å². The summed E-state index contributed by atoms with van der Waals surface area (Å²) in [5.74, 6) is 1.35. The summed E-state index contributed by atoms with van der Waals surface area (Å²) >= 11 is 7.87. The average molecular weight is 569 g/mol. The van der Waals surface area contributed by atoms with Gasteiger partial charge < -0.3 is 14.4 Å². The van der Waals surface area contributed by atoms with E-state index in [2.05, 4.69) is 52.6 Å². The predicted molar refractivity (Wildman–Crippen MR) is 128 cm³/mol. The van der Waals surface area contributed by atoms with E-state index in [-0.39, 0.29) is 17.4 Å². The minimum absolute atomic E-state index is 0.0395. The minimum atomic E-state index is -0.300. The van der Waals surface area contributed by atoms with E-state index in [1.165, 1.54) is 18.0 Å². The molecule has 1 amide bonds. The highest BCUT2D eigenvalue weighted by atomic mass is 79.9. The Morgan fingerprint density at radius 3 is 2.71 bits per heavy atom. The van der Waals surface area contributed by atoms with E-state index < -0.39 is 0 Å². The highest BCUT2D eigenvalue weighted by molar-refractivity contribution is 9.11. The Kier molecular flexibility index (Phi) is 8.10. The van der Waals surface area contributed by atoms with Gasteiger partial charge in [-0.15, -0.1) is 10.2 Å². The summed E-state index contributed by atoms with van der Waals surface area (Å²) in [7, 11) is 1.62. The van der Waals surface area contributed by atoms with E-state index in [0.29, 0.717) is 21.7 Å². The maximum Gasteiger partial charge on any atom is 0.250 e. The lowest BCUT2D eigenvalue weighted by molar-refractivity contribution is -0.118. The van der Waals surface area contributed by atoms with Gasteiger partial charge in [-0.05, 0) is 59.3 Å². The van der Waals surface area contributed by atoms with Crippen molar-refractivity contribution < 1.29 is 14.6 Å². The van der Waals surface area contributed by atoms with Gasteiger partial charge in [0.1, 0.15) is 11.5 Å². The molecule has 162 valence electrons. The van der Waals surface area contributed by atoms with Gasteiger partial charge in [-0.1, -0.05) is 27.7 Å². The number of hydrazone groups is 1. The van der Waals surface area contributed by atoms with Crippen molar-refractivity contribution in [1.29, 1.82) is 0 Å². The number of halogens is 2. The number of phenols is 1. The number of aromatic hydroxyl groups is 1. The van der Waals surface area contributed by atoms with Gasteiger partial charge in [0.25, 0.3) is 5.91 Å². The summed E-state index contributed by atoms with van der Waals surface area (Å²) in [6, 6.07) is 11.0. The normalized spacial score (nSPS) is 11.1. The SMILES string of the molecule is CCn1c(SCC(=O)N/N=C/c2cc(Br)cc(Br)c2O)nnc1-c1ccc(OC)cc1. The summed E-state index contributed by atoms with van der Waals surface area (Å²) in [5.41, 5.74) is 3.83. The van der Waals surface area contributed by atoms with Crippen molar-refractivity contribution in [2.24, 2.45) is 5.10 Å². The molecule has 2 N–H and O–H groups in total. The maximum atomic E-state index is 12.2. The van der Waals surface area contributed by atoms with E-state index in [9.17, 15) is 9.90 Å². The van der Waals surface area contributed by atoms with Crippen LogP contribution in [0.15, 0.2) is 55.6 Å². The van der Waals surface area contributed by atoms with Crippen LogP contribution in [0.25, 0.3) is 11.4 Å². The van der Waals surface area contributed by atoms with Crippen molar-refractivity contribution in [3.63, 3.8) is 0 Å². The number of carbonyl (C=O) groups is 1. The van der Waals surface area contributed by atoms with Crippen LogP contribution in [0.1, 0.15) is 12.5 Å². The van der Waals surface area contributed by atoms with Gasteiger partial charge in [0.2, 0.25) is 0 Å². The molecule has 3 rings (SSSR count). The van der Waals surface area contributed by atoms with Crippen molar-refractivity contribution in [1.82, 2.24) is 20.2 Å². The van der Waals surface area contributed by atoms with Gasteiger partial charge in [0, 0.05) is 22.1 Å². The number of amides is 1. The van der Waals surface area contributed by atoms with Crippen LogP contribution in [-0.2, 0) is 11.3 Å². The fourth-order valence-corrected chi connectivity index (χ4v) is 4.71. The molecule has 0 atom stereocenters. The van der Waals surface area contributed by atoms with E-state index >= 15 is 0 Å². The van der Waals surface area contributed by atoms with Crippen LogP contribution >= 0.6 is 43.6 Å². The zero-order valence-electron chi connectivity index (χ0n) is 16.7. The monoisotopic (exact) mass is 567 g/mol. The molecule has 0 spiro atoms. The third-order valence-corrected chi connectivity index (χ3v) is 6.19. The van der Waals surface area contributed by atoms with Crippen molar-refractivity contribution in [3.05, 3.63) is 50.9 Å². The number of phenolic OH excluding ortho intramolecular Hbond substituents is 1. The third-order valence-electron chi connectivity index (χ3n) is 4.16. The number of methoxy groups -OCH3 is 1. The summed E-state index contributed by atoms with van der Waals surface area (Å²) in [6.07, 6.45) is 1.38. The maximum absolute atomic E-state index is 12.2. The van der Waals surface area contributed by atoms with Gasteiger partial charge in [-0.25, -0.2) is 5.43 Å². The molecule has 0 unspecified atom stereocenters. The molecule has 1 heterocycles. The number of aromatic nitrogens is 3. The zero-order valence-corrected chi connectivity index (χ0v) is 20.7. The number of hydrogen-bond acceptors (Lipinski definition) is 7. The van der Waals surface area contributed by atoms with Crippen LogP contribution in [0.2, 0.25) is 0 Å². The van der Waals surface area contributed by atoms with Gasteiger partial charge in [0.05, 0.1) is 23.5 Å². The molecular formula is C20H19Br2N5O3S. The third kappa shape index (κ3) is 5.86. The molecule has 0 aliphatic heterocycles. The molecule has 31 heavy (non-hydrogen) atoms. The first-order valence-corrected chi connectivity index (χ1v) is 11.7. The molecule has 0 saturated heterocycles. The quantitative estimate of drug-likeness (QED) is 0.236. The number of nitrogens with one attached hydrogen (secondary N) is 1. The highest BCUT2D eigenvalue weighted by Gasteiger charge is 2.14. The minimum Gasteiger partial charge on any atom is -0.506 e. The summed E-state index contributed by atoms with van der Waals surface area (Å²) in [4.78, 5) is 12.2. The second kappa shape index (κ2) is 10.8. The molecule has 8 nitrogen and oxygen atoms in total. The Balaban J connectivity index is 1.62. The largest absolute Gasteiger partial charge is 0.506 e. The Morgan fingerprint density at radius 1 is 1.29 bits per heavy atom. The van der Waals surface area contributed by atoms with Crippen LogP contribution in [0.4, 0.5) is 0 Å². The number of benzene rings is 2. The van der Waals surface area contributed by atoms with Crippen molar-refractivity contribution in [3.8, 4) is 22.9 Å². The van der Waals surface area contributed by atoms with Crippen molar-refractivity contribution >= 4 is 55.7 Å². The summed E-state index contributed by atoms with van der Waals surface area (Å²) in [5, 5.41) is 23.1. The second-order valence-electron chi connectivity index (χ2n) is 6.19. The summed E-state index contributed by atoms with van der Waals surface area (Å²) < 4.78 is 8.43. The topological polar surface area (TPSA) is 102 Å². The number of ether oxygens (including phenoxy) is 1. The number of nitrogens with zero attached hydrogens (tertiary/aromatic N) is 4. The Bertz CT molecular complexity index is 1100. The molecule has 0 aliphatic rings. The van der Waals surface area contributed by atoms with Crippen LogP contribution < -0.4 is 10.2 Å². The average Bonchev–Trinajstić information content (AvgIpc) is 3.18. The second-order valence-corrected chi connectivity index (χ2v) is 8.90. The van der Waals surface area contributed by atoms with Gasteiger partial charge in [0.15, 0.2) is 11.0 Å². The zero-order chi connectivity index (χ0) is 22.4.